The normalized spacial score (nSPS) is 24.6. The van der Waals surface area contributed by atoms with Gasteiger partial charge in [-0.05, 0) is 12.3 Å². The third-order valence-corrected chi connectivity index (χ3v) is 4.04. The first-order valence-corrected chi connectivity index (χ1v) is 6.49. The molecule has 1 saturated heterocycles. The van der Waals surface area contributed by atoms with Gasteiger partial charge in [0.15, 0.2) is 11.5 Å². The van der Waals surface area contributed by atoms with Gasteiger partial charge in [-0.3, -0.25) is 4.79 Å². The molecule has 5 heteroatoms. The minimum Gasteiger partial charge on any atom is -0.493 e. The van der Waals surface area contributed by atoms with Gasteiger partial charge in [0.05, 0.1) is 25.6 Å². The lowest BCUT2D eigenvalue weighted by Gasteiger charge is -2.34. The molecule has 1 aromatic rings. The van der Waals surface area contributed by atoms with Crippen LogP contribution in [0.2, 0.25) is 0 Å². The summed E-state index contributed by atoms with van der Waals surface area (Å²) < 4.78 is 10.6. The van der Waals surface area contributed by atoms with Crippen LogP contribution in [0.25, 0.3) is 0 Å². The first kappa shape index (κ1) is 12.1. The number of amides is 1. The van der Waals surface area contributed by atoms with Crippen LogP contribution >= 0.6 is 0 Å². The molecule has 5 nitrogen and oxygen atoms in total. The molecule has 19 heavy (non-hydrogen) atoms. The van der Waals surface area contributed by atoms with Crippen molar-refractivity contribution in [2.24, 2.45) is 5.92 Å². The summed E-state index contributed by atoms with van der Waals surface area (Å²) in [6.45, 7) is 3.03. The second-order valence-corrected chi connectivity index (χ2v) is 5.12. The van der Waals surface area contributed by atoms with E-state index in [9.17, 15) is 4.79 Å². The van der Waals surface area contributed by atoms with Gasteiger partial charge in [-0.1, -0.05) is 6.92 Å². The highest BCUT2D eigenvalue weighted by Gasteiger charge is 2.41. The van der Waals surface area contributed by atoms with Gasteiger partial charge in [0.25, 0.3) is 0 Å². The molecule has 2 unspecified atom stereocenters. The van der Waals surface area contributed by atoms with E-state index in [1.165, 1.54) is 0 Å². The molecule has 2 aliphatic heterocycles. The zero-order valence-electron chi connectivity index (χ0n) is 11.4. The average Bonchev–Trinajstić information content (AvgIpc) is 2.80. The summed E-state index contributed by atoms with van der Waals surface area (Å²) in [4.78, 5) is 14.3. The fourth-order valence-corrected chi connectivity index (χ4v) is 3.03. The lowest BCUT2D eigenvalue weighted by molar-refractivity contribution is -0.118. The molecule has 2 heterocycles. The Kier molecular flexibility index (Phi) is 2.77. The van der Waals surface area contributed by atoms with Crippen LogP contribution in [0.4, 0.5) is 11.4 Å². The summed E-state index contributed by atoms with van der Waals surface area (Å²) >= 11 is 0. The number of methoxy groups -OCH3 is 2. The third kappa shape index (κ3) is 1.72. The number of ether oxygens (including phenoxy) is 2. The molecule has 2 atom stereocenters. The van der Waals surface area contributed by atoms with Gasteiger partial charge in [0.1, 0.15) is 6.04 Å². The van der Waals surface area contributed by atoms with Gasteiger partial charge in [-0.25, -0.2) is 0 Å². The van der Waals surface area contributed by atoms with Gasteiger partial charge in [0.2, 0.25) is 5.91 Å². The van der Waals surface area contributed by atoms with E-state index < -0.39 is 0 Å². The molecule has 0 saturated carbocycles. The second-order valence-electron chi connectivity index (χ2n) is 5.12. The van der Waals surface area contributed by atoms with E-state index in [0.717, 1.165) is 24.3 Å². The lowest BCUT2D eigenvalue weighted by Crippen LogP contribution is -2.46. The van der Waals surface area contributed by atoms with E-state index in [1.807, 2.05) is 12.1 Å². The van der Waals surface area contributed by atoms with Gasteiger partial charge in [-0.2, -0.15) is 0 Å². The summed E-state index contributed by atoms with van der Waals surface area (Å²) in [5.41, 5.74) is 1.82. The zero-order chi connectivity index (χ0) is 13.6. The predicted molar refractivity (Wildman–Crippen MR) is 73.1 cm³/mol. The fraction of sp³-hybridized carbons (Fsp3) is 0.500. The number of hydrogen-bond donors (Lipinski definition) is 1. The summed E-state index contributed by atoms with van der Waals surface area (Å²) in [6.07, 6.45) is 1.03. The average molecular weight is 262 g/mol. The molecule has 0 radical (unpaired) electrons. The zero-order valence-corrected chi connectivity index (χ0v) is 11.4. The smallest absolute Gasteiger partial charge is 0.247 e. The predicted octanol–water partition coefficient (Wildman–Crippen LogP) is 1.87. The van der Waals surface area contributed by atoms with Crippen LogP contribution in [-0.4, -0.2) is 32.7 Å². The third-order valence-electron chi connectivity index (χ3n) is 4.04. The molecule has 2 aliphatic rings. The molecule has 1 N–H and O–H groups in total. The van der Waals surface area contributed by atoms with Gasteiger partial charge in [0, 0.05) is 18.7 Å². The number of anilines is 2. The van der Waals surface area contributed by atoms with E-state index in [4.69, 9.17) is 9.47 Å². The van der Waals surface area contributed by atoms with Crippen LogP contribution in [0.1, 0.15) is 13.3 Å². The van der Waals surface area contributed by atoms with Gasteiger partial charge in [-0.15, -0.1) is 0 Å². The number of hydrogen-bond acceptors (Lipinski definition) is 4. The molecule has 3 rings (SSSR count). The van der Waals surface area contributed by atoms with Crippen LogP contribution in [0.5, 0.6) is 11.5 Å². The molecule has 0 aromatic heterocycles. The highest BCUT2D eigenvalue weighted by atomic mass is 16.5. The SMILES string of the molecule is COc1cc2c(cc1OC)N1CCC(C)C1C(=O)N2. The highest BCUT2D eigenvalue weighted by Crippen LogP contribution is 2.44. The fourth-order valence-electron chi connectivity index (χ4n) is 3.03. The molecule has 102 valence electrons. The van der Waals surface area contributed by atoms with Crippen molar-refractivity contribution in [1.29, 1.82) is 0 Å². The number of nitrogens with one attached hydrogen (secondary N) is 1. The molecule has 0 aliphatic carbocycles. The maximum atomic E-state index is 12.2. The van der Waals surface area contributed by atoms with E-state index in [1.54, 1.807) is 14.2 Å². The summed E-state index contributed by atoms with van der Waals surface area (Å²) in [5.74, 6) is 1.77. The summed E-state index contributed by atoms with van der Waals surface area (Å²) in [7, 11) is 3.21. The number of rotatable bonds is 2. The van der Waals surface area contributed by atoms with Crippen molar-refractivity contribution in [1.82, 2.24) is 0 Å². The van der Waals surface area contributed by atoms with E-state index in [2.05, 4.69) is 17.1 Å². The minimum atomic E-state index is -0.0643. The van der Waals surface area contributed by atoms with E-state index >= 15 is 0 Å². The number of benzene rings is 1. The van der Waals surface area contributed by atoms with Crippen molar-refractivity contribution in [2.75, 3.05) is 31.0 Å². The van der Waals surface area contributed by atoms with E-state index in [0.29, 0.717) is 17.4 Å². The molecule has 1 fully saturated rings. The number of carbonyl (C=O) groups excluding carboxylic acids is 1. The maximum absolute atomic E-state index is 12.2. The molecule has 0 bridgehead atoms. The number of carbonyl (C=O) groups is 1. The van der Waals surface area contributed by atoms with Crippen LogP contribution < -0.4 is 19.7 Å². The Morgan fingerprint density at radius 3 is 2.63 bits per heavy atom. The van der Waals surface area contributed by atoms with Gasteiger partial charge < -0.3 is 19.7 Å². The molecule has 1 amide bonds. The highest BCUT2D eigenvalue weighted by molar-refractivity contribution is 6.04. The Morgan fingerprint density at radius 2 is 1.95 bits per heavy atom. The largest absolute Gasteiger partial charge is 0.493 e. The van der Waals surface area contributed by atoms with Crippen LogP contribution in [0.3, 0.4) is 0 Å². The first-order valence-electron chi connectivity index (χ1n) is 6.49. The summed E-state index contributed by atoms with van der Waals surface area (Å²) in [6, 6.07) is 3.70. The lowest BCUT2D eigenvalue weighted by atomic mass is 10.00. The van der Waals surface area contributed by atoms with Crippen molar-refractivity contribution < 1.29 is 14.3 Å². The quantitative estimate of drug-likeness (QED) is 0.884. The van der Waals surface area contributed by atoms with Crippen LogP contribution in [-0.2, 0) is 4.79 Å². The molecular formula is C14H18N2O3. The monoisotopic (exact) mass is 262 g/mol. The topological polar surface area (TPSA) is 50.8 Å². The Hall–Kier alpha value is -1.91. The Labute approximate surface area is 112 Å². The van der Waals surface area contributed by atoms with Crippen molar-refractivity contribution in [3.05, 3.63) is 12.1 Å². The summed E-state index contributed by atoms with van der Waals surface area (Å²) in [5, 5.41) is 2.97. The molecule has 0 spiro atoms. The maximum Gasteiger partial charge on any atom is 0.247 e. The second kappa shape index (κ2) is 4.33. The van der Waals surface area contributed by atoms with Crippen molar-refractivity contribution in [2.45, 2.75) is 19.4 Å². The molecular weight excluding hydrogens is 244 g/mol. The van der Waals surface area contributed by atoms with E-state index in [-0.39, 0.29) is 11.9 Å². The minimum absolute atomic E-state index is 0.0643. The Bertz CT molecular complexity index is 530. The van der Waals surface area contributed by atoms with Crippen LogP contribution in [0, 0.1) is 5.92 Å². The Morgan fingerprint density at radius 1 is 1.26 bits per heavy atom. The number of fused-ring (bicyclic) bond motifs is 3. The standard InChI is InChI=1S/C14H18N2O3/c1-8-4-5-16-10-7-12(19-3)11(18-2)6-9(10)15-14(17)13(8)16/h6-8,13H,4-5H2,1-3H3,(H,15,17). The Balaban J connectivity index is 2.10. The van der Waals surface area contributed by atoms with Crippen molar-refractivity contribution in [3.63, 3.8) is 0 Å². The van der Waals surface area contributed by atoms with Crippen LogP contribution in [0.15, 0.2) is 12.1 Å². The first-order chi connectivity index (χ1) is 9.15. The molecule has 1 aromatic carbocycles. The van der Waals surface area contributed by atoms with Gasteiger partial charge >= 0.3 is 0 Å². The van der Waals surface area contributed by atoms with Crippen molar-refractivity contribution >= 4 is 17.3 Å². The van der Waals surface area contributed by atoms with Crippen molar-refractivity contribution in [3.8, 4) is 11.5 Å². The number of nitrogens with zero attached hydrogens (tertiary/aromatic N) is 1.